The lowest BCUT2D eigenvalue weighted by Crippen LogP contribution is -2.35. The van der Waals surface area contributed by atoms with Gasteiger partial charge in [0, 0.05) is 24.0 Å². The summed E-state index contributed by atoms with van der Waals surface area (Å²) in [5.74, 6) is -1.45. The molecular formula is C20H20F3N3O5. The fourth-order valence-corrected chi connectivity index (χ4v) is 2.46. The zero-order valence-corrected chi connectivity index (χ0v) is 16.7. The van der Waals surface area contributed by atoms with E-state index in [1.54, 1.807) is 19.1 Å². The van der Waals surface area contributed by atoms with Crippen molar-refractivity contribution >= 4 is 29.3 Å². The molecule has 3 amide bonds. The molecule has 31 heavy (non-hydrogen) atoms. The summed E-state index contributed by atoms with van der Waals surface area (Å²) in [4.78, 5) is 37.4. The fraction of sp³-hybridized carbons (Fsp3) is 0.250. The van der Waals surface area contributed by atoms with Crippen LogP contribution in [0.15, 0.2) is 48.5 Å². The van der Waals surface area contributed by atoms with Gasteiger partial charge in [-0.15, -0.1) is 13.2 Å². The molecule has 0 unspecified atom stereocenters. The zero-order chi connectivity index (χ0) is 23.0. The summed E-state index contributed by atoms with van der Waals surface area (Å²) in [6.07, 6.45) is -5.47. The third-order valence-electron chi connectivity index (χ3n) is 3.73. The molecule has 0 saturated heterocycles. The van der Waals surface area contributed by atoms with E-state index in [1.165, 1.54) is 31.3 Å². The van der Waals surface area contributed by atoms with Gasteiger partial charge in [-0.3, -0.25) is 14.9 Å². The largest absolute Gasteiger partial charge is 0.573 e. The highest BCUT2D eigenvalue weighted by Gasteiger charge is 2.31. The van der Waals surface area contributed by atoms with Gasteiger partial charge >= 0.3 is 12.5 Å². The normalized spacial score (nSPS) is 10.7. The molecule has 2 N–H and O–H groups in total. The number of carbonyl (C=O) groups excluding carboxylic acids is 3. The predicted octanol–water partition coefficient (Wildman–Crippen LogP) is 3.86. The van der Waals surface area contributed by atoms with Crippen LogP contribution >= 0.6 is 0 Å². The van der Waals surface area contributed by atoms with Gasteiger partial charge in [-0.05, 0) is 49.4 Å². The molecule has 0 fully saturated rings. The van der Waals surface area contributed by atoms with E-state index in [-0.39, 0.29) is 24.4 Å². The van der Waals surface area contributed by atoms with Crippen molar-refractivity contribution in [2.45, 2.75) is 13.3 Å². The number of likely N-dealkylation sites (N-methyl/N-ethyl adjacent to an activating group) is 1. The van der Waals surface area contributed by atoms with Crippen LogP contribution in [0.3, 0.4) is 0 Å². The van der Waals surface area contributed by atoms with E-state index in [0.29, 0.717) is 5.69 Å². The Labute approximate surface area is 175 Å². The smallest absolute Gasteiger partial charge is 0.450 e. The molecule has 0 saturated carbocycles. The van der Waals surface area contributed by atoms with Gasteiger partial charge in [0.1, 0.15) is 5.75 Å². The second-order valence-corrected chi connectivity index (χ2v) is 6.21. The minimum Gasteiger partial charge on any atom is -0.450 e. The maximum Gasteiger partial charge on any atom is 0.573 e. The summed E-state index contributed by atoms with van der Waals surface area (Å²) in [6, 6.07) is 10.7. The number of hydrogen-bond acceptors (Lipinski definition) is 5. The van der Waals surface area contributed by atoms with E-state index in [0.717, 1.165) is 17.0 Å². The number of anilines is 2. The number of amides is 3. The Balaban J connectivity index is 1.93. The van der Waals surface area contributed by atoms with Crippen LogP contribution < -0.4 is 15.4 Å². The molecule has 0 heterocycles. The Morgan fingerprint density at radius 1 is 1.00 bits per heavy atom. The molecule has 0 aliphatic carbocycles. The molecular weight excluding hydrogens is 419 g/mol. The van der Waals surface area contributed by atoms with Crippen molar-refractivity contribution in [3.8, 4) is 5.75 Å². The molecule has 0 bridgehead atoms. The van der Waals surface area contributed by atoms with Crippen LogP contribution in [0, 0.1) is 0 Å². The van der Waals surface area contributed by atoms with Crippen LogP contribution in [-0.2, 0) is 9.53 Å². The molecule has 166 valence electrons. The number of carbonyl (C=O) groups is 3. The lowest BCUT2D eigenvalue weighted by atomic mass is 10.1. The van der Waals surface area contributed by atoms with Crippen LogP contribution in [0.1, 0.15) is 17.3 Å². The molecule has 2 rings (SSSR count). The van der Waals surface area contributed by atoms with Crippen molar-refractivity contribution in [1.29, 1.82) is 0 Å². The maximum atomic E-state index is 12.6. The van der Waals surface area contributed by atoms with Crippen LogP contribution in [-0.4, -0.2) is 49.4 Å². The molecule has 0 aliphatic heterocycles. The summed E-state index contributed by atoms with van der Waals surface area (Å²) in [6.45, 7) is 1.54. The van der Waals surface area contributed by atoms with Crippen molar-refractivity contribution in [2.75, 3.05) is 30.8 Å². The monoisotopic (exact) mass is 439 g/mol. The second kappa shape index (κ2) is 10.3. The Morgan fingerprint density at radius 3 is 2.29 bits per heavy atom. The first kappa shape index (κ1) is 23.5. The van der Waals surface area contributed by atoms with E-state index in [9.17, 15) is 27.6 Å². The molecule has 0 aliphatic rings. The topological polar surface area (TPSA) is 97.0 Å². The molecule has 0 atom stereocenters. The summed E-state index contributed by atoms with van der Waals surface area (Å²) in [5.41, 5.74) is 0.822. The van der Waals surface area contributed by atoms with Crippen molar-refractivity contribution < 1.29 is 37.0 Å². The number of ether oxygens (including phenoxy) is 2. The minimum absolute atomic E-state index is 0.195. The van der Waals surface area contributed by atoms with Gasteiger partial charge in [0.05, 0.1) is 13.2 Å². The summed E-state index contributed by atoms with van der Waals surface area (Å²) >= 11 is 0. The highest BCUT2D eigenvalue weighted by molar-refractivity contribution is 6.00. The van der Waals surface area contributed by atoms with Crippen molar-refractivity contribution in [2.24, 2.45) is 0 Å². The first-order chi connectivity index (χ1) is 14.6. The average molecular weight is 439 g/mol. The third-order valence-corrected chi connectivity index (χ3v) is 3.73. The number of rotatable bonds is 7. The minimum atomic E-state index is -4.81. The molecule has 2 aromatic rings. The van der Waals surface area contributed by atoms with Gasteiger partial charge in [-0.1, -0.05) is 6.07 Å². The number of benzene rings is 2. The van der Waals surface area contributed by atoms with E-state index in [4.69, 9.17) is 4.74 Å². The number of nitrogens with one attached hydrogen (secondary N) is 2. The third kappa shape index (κ3) is 7.88. The molecule has 0 aromatic heterocycles. The average Bonchev–Trinajstić information content (AvgIpc) is 2.68. The quantitative estimate of drug-likeness (QED) is 0.683. The van der Waals surface area contributed by atoms with Gasteiger partial charge in [-0.25, -0.2) is 4.79 Å². The van der Waals surface area contributed by atoms with Crippen LogP contribution in [0.25, 0.3) is 0 Å². The highest BCUT2D eigenvalue weighted by atomic mass is 19.4. The van der Waals surface area contributed by atoms with Crippen LogP contribution in [0.4, 0.5) is 29.3 Å². The first-order valence-corrected chi connectivity index (χ1v) is 9.02. The number of alkyl halides is 3. The zero-order valence-electron chi connectivity index (χ0n) is 16.7. The van der Waals surface area contributed by atoms with Crippen molar-refractivity contribution in [1.82, 2.24) is 4.90 Å². The Hall–Kier alpha value is -3.76. The maximum absolute atomic E-state index is 12.6. The standard InChI is InChI=1S/C20H20F3N3O5/c1-3-30-19(29)25-15-6-4-5-13(11-15)18(28)26(2)12-17(27)24-14-7-9-16(10-8-14)31-20(21,22)23/h4-11H,3,12H2,1-2H3,(H,24,27)(H,25,29). The van der Waals surface area contributed by atoms with Gasteiger partial charge < -0.3 is 19.7 Å². The van der Waals surface area contributed by atoms with Gasteiger partial charge in [0.2, 0.25) is 5.91 Å². The van der Waals surface area contributed by atoms with E-state index in [1.807, 2.05) is 0 Å². The summed E-state index contributed by atoms with van der Waals surface area (Å²) in [5, 5.41) is 4.95. The Kier molecular flexibility index (Phi) is 7.83. The molecule has 0 spiro atoms. The molecule has 11 heteroatoms. The number of halogens is 3. The number of nitrogens with zero attached hydrogens (tertiary/aromatic N) is 1. The Bertz CT molecular complexity index is 932. The van der Waals surface area contributed by atoms with Crippen molar-refractivity contribution in [3.63, 3.8) is 0 Å². The van der Waals surface area contributed by atoms with E-state index in [2.05, 4.69) is 15.4 Å². The SMILES string of the molecule is CCOC(=O)Nc1cccc(C(=O)N(C)CC(=O)Nc2ccc(OC(F)(F)F)cc2)c1. The fourth-order valence-electron chi connectivity index (χ4n) is 2.46. The van der Waals surface area contributed by atoms with E-state index < -0.39 is 30.0 Å². The molecule has 0 radical (unpaired) electrons. The van der Waals surface area contributed by atoms with Crippen molar-refractivity contribution in [3.05, 3.63) is 54.1 Å². The molecule has 2 aromatic carbocycles. The highest BCUT2D eigenvalue weighted by Crippen LogP contribution is 2.24. The summed E-state index contributed by atoms with van der Waals surface area (Å²) < 4.78 is 45.1. The van der Waals surface area contributed by atoms with Gasteiger partial charge in [0.15, 0.2) is 0 Å². The lowest BCUT2D eigenvalue weighted by Gasteiger charge is -2.17. The van der Waals surface area contributed by atoms with Gasteiger partial charge in [-0.2, -0.15) is 0 Å². The Morgan fingerprint density at radius 2 is 1.68 bits per heavy atom. The predicted molar refractivity (Wildman–Crippen MR) is 106 cm³/mol. The van der Waals surface area contributed by atoms with Gasteiger partial charge in [0.25, 0.3) is 5.91 Å². The van der Waals surface area contributed by atoms with Crippen LogP contribution in [0.5, 0.6) is 5.75 Å². The van der Waals surface area contributed by atoms with E-state index >= 15 is 0 Å². The van der Waals surface area contributed by atoms with Crippen LogP contribution in [0.2, 0.25) is 0 Å². The number of hydrogen-bond donors (Lipinski definition) is 2. The summed E-state index contributed by atoms with van der Waals surface area (Å²) in [7, 11) is 1.41. The molecule has 8 nitrogen and oxygen atoms in total. The second-order valence-electron chi connectivity index (χ2n) is 6.21. The first-order valence-electron chi connectivity index (χ1n) is 9.02. The lowest BCUT2D eigenvalue weighted by molar-refractivity contribution is -0.274.